The zero-order valence-electron chi connectivity index (χ0n) is 12.9. The third-order valence-corrected chi connectivity index (χ3v) is 4.24. The maximum atomic E-state index is 9.00. The zero-order valence-corrected chi connectivity index (χ0v) is 12.9. The van der Waals surface area contributed by atoms with Gasteiger partial charge in [0, 0.05) is 51.7 Å². The van der Waals surface area contributed by atoms with E-state index in [1.54, 1.807) is 0 Å². The lowest BCUT2D eigenvalue weighted by molar-refractivity contribution is 0.106. The molecule has 1 N–H and O–H groups in total. The molecule has 0 atom stereocenters. The van der Waals surface area contributed by atoms with E-state index in [1.807, 2.05) is 12.3 Å². The third kappa shape index (κ3) is 3.94. The van der Waals surface area contributed by atoms with Gasteiger partial charge in [0.2, 0.25) is 0 Å². The van der Waals surface area contributed by atoms with Crippen LogP contribution in [-0.2, 0) is 13.1 Å². The van der Waals surface area contributed by atoms with E-state index in [-0.39, 0.29) is 6.61 Å². The minimum atomic E-state index is 0.251. The van der Waals surface area contributed by atoms with Gasteiger partial charge in [-0.1, -0.05) is 30.3 Å². The molecule has 5 nitrogen and oxygen atoms in total. The van der Waals surface area contributed by atoms with Gasteiger partial charge in [-0.05, 0) is 5.56 Å². The average Bonchev–Trinajstić information content (AvgIpc) is 2.97. The van der Waals surface area contributed by atoms with Crippen LogP contribution in [0.5, 0.6) is 0 Å². The van der Waals surface area contributed by atoms with Crippen LogP contribution in [0.4, 0.5) is 0 Å². The molecular weight excluding hydrogens is 276 g/mol. The van der Waals surface area contributed by atoms with Crippen LogP contribution in [0.15, 0.2) is 42.7 Å². The molecule has 2 heterocycles. The van der Waals surface area contributed by atoms with Crippen molar-refractivity contribution in [3.05, 3.63) is 54.1 Å². The number of hydrogen-bond donors (Lipinski definition) is 1. The molecule has 1 saturated heterocycles. The number of nitrogens with zero attached hydrogens (tertiary/aromatic N) is 4. The summed E-state index contributed by atoms with van der Waals surface area (Å²) < 4.78 is 2.23. The highest BCUT2D eigenvalue weighted by Gasteiger charge is 2.17. The van der Waals surface area contributed by atoms with E-state index in [0.717, 1.165) is 51.6 Å². The van der Waals surface area contributed by atoms with Crippen LogP contribution >= 0.6 is 0 Å². The Morgan fingerprint density at radius 2 is 1.68 bits per heavy atom. The van der Waals surface area contributed by atoms with Crippen molar-refractivity contribution < 1.29 is 5.11 Å². The fourth-order valence-electron chi connectivity index (χ4n) is 2.93. The lowest BCUT2D eigenvalue weighted by Gasteiger charge is -2.34. The molecule has 1 aliphatic rings. The van der Waals surface area contributed by atoms with E-state index >= 15 is 0 Å². The van der Waals surface area contributed by atoms with Gasteiger partial charge in [0.15, 0.2) is 0 Å². The molecule has 5 heteroatoms. The molecule has 0 aliphatic carbocycles. The second kappa shape index (κ2) is 7.54. The number of piperazine rings is 1. The predicted octanol–water partition coefficient (Wildman–Crippen LogP) is 1.04. The number of aliphatic hydroxyl groups excluding tert-OH is 1. The van der Waals surface area contributed by atoms with Crippen LogP contribution in [0, 0.1) is 0 Å². The van der Waals surface area contributed by atoms with E-state index in [1.165, 1.54) is 5.56 Å². The zero-order chi connectivity index (χ0) is 15.2. The van der Waals surface area contributed by atoms with Crippen LogP contribution in [0.2, 0.25) is 0 Å². The summed E-state index contributed by atoms with van der Waals surface area (Å²) in [7, 11) is 0. The molecule has 0 saturated carbocycles. The summed E-state index contributed by atoms with van der Waals surface area (Å²) in [5.74, 6) is 1.12. The molecule has 0 unspecified atom stereocenters. The maximum Gasteiger partial charge on any atom is 0.123 e. The first kappa shape index (κ1) is 15.2. The van der Waals surface area contributed by atoms with Crippen molar-refractivity contribution in [2.75, 3.05) is 39.3 Å². The lowest BCUT2D eigenvalue weighted by Crippen LogP contribution is -2.46. The van der Waals surface area contributed by atoms with Gasteiger partial charge in [0.1, 0.15) is 5.82 Å². The monoisotopic (exact) mass is 300 g/mol. The summed E-state index contributed by atoms with van der Waals surface area (Å²) in [5.41, 5.74) is 1.30. The van der Waals surface area contributed by atoms with Crippen molar-refractivity contribution in [1.29, 1.82) is 0 Å². The number of hydrogen-bond acceptors (Lipinski definition) is 4. The Balaban J connectivity index is 1.57. The van der Waals surface area contributed by atoms with Gasteiger partial charge < -0.3 is 9.67 Å². The van der Waals surface area contributed by atoms with Gasteiger partial charge >= 0.3 is 0 Å². The van der Waals surface area contributed by atoms with Gasteiger partial charge in [-0.25, -0.2) is 4.98 Å². The predicted molar refractivity (Wildman–Crippen MR) is 86.6 cm³/mol. The molecule has 1 aliphatic heterocycles. The molecule has 0 radical (unpaired) electrons. The van der Waals surface area contributed by atoms with E-state index in [0.29, 0.717) is 0 Å². The number of aromatic nitrogens is 2. The second-order valence-electron chi connectivity index (χ2n) is 5.80. The van der Waals surface area contributed by atoms with Crippen LogP contribution < -0.4 is 0 Å². The minimum absolute atomic E-state index is 0.251. The van der Waals surface area contributed by atoms with E-state index in [9.17, 15) is 0 Å². The quantitative estimate of drug-likeness (QED) is 0.866. The Morgan fingerprint density at radius 1 is 0.955 bits per heavy atom. The first-order chi connectivity index (χ1) is 10.8. The fraction of sp³-hybridized carbons (Fsp3) is 0.471. The molecule has 0 spiro atoms. The van der Waals surface area contributed by atoms with Crippen LogP contribution in [0.25, 0.3) is 0 Å². The fourth-order valence-corrected chi connectivity index (χ4v) is 2.93. The van der Waals surface area contributed by atoms with Gasteiger partial charge in [0.25, 0.3) is 0 Å². The van der Waals surface area contributed by atoms with Crippen LogP contribution in [0.3, 0.4) is 0 Å². The molecule has 1 aromatic heterocycles. The van der Waals surface area contributed by atoms with Gasteiger partial charge in [-0.2, -0.15) is 0 Å². The molecule has 22 heavy (non-hydrogen) atoms. The van der Waals surface area contributed by atoms with Crippen LogP contribution in [-0.4, -0.2) is 63.8 Å². The highest BCUT2D eigenvalue weighted by Crippen LogP contribution is 2.10. The largest absolute Gasteiger partial charge is 0.395 e. The third-order valence-electron chi connectivity index (χ3n) is 4.24. The molecule has 2 aromatic rings. The van der Waals surface area contributed by atoms with Crippen molar-refractivity contribution in [2.24, 2.45) is 0 Å². The number of aliphatic hydroxyl groups is 1. The van der Waals surface area contributed by atoms with Crippen molar-refractivity contribution in [2.45, 2.75) is 13.1 Å². The summed E-state index contributed by atoms with van der Waals surface area (Å²) in [6.07, 6.45) is 3.95. The average molecular weight is 300 g/mol. The number of β-amino-alcohol motifs (C(OH)–C–C–N with tert-alkyl or cyclic N) is 1. The summed E-state index contributed by atoms with van der Waals surface area (Å²) in [5, 5.41) is 9.00. The Morgan fingerprint density at radius 3 is 2.41 bits per heavy atom. The van der Waals surface area contributed by atoms with Crippen molar-refractivity contribution in [3.8, 4) is 0 Å². The Bertz CT molecular complexity index is 561. The number of benzene rings is 1. The molecule has 1 aromatic carbocycles. The van der Waals surface area contributed by atoms with Crippen molar-refractivity contribution in [1.82, 2.24) is 19.4 Å². The number of rotatable bonds is 6. The summed E-state index contributed by atoms with van der Waals surface area (Å²) in [6.45, 7) is 6.95. The molecule has 118 valence electrons. The first-order valence-electron chi connectivity index (χ1n) is 7.94. The standard InChI is InChI=1S/C17H24N4O/c22-13-12-19-8-10-20(11-9-19)15-17-18-6-7-21(17)14-16-4-2-1-3-5-16/h1-7,22H,8-15H2. The maximum absolute atomic E-state index is 9.00. The SMILES string of the molecule is OCCN1CCN(Cc2nccn2Cc2ccccc2)CC1. The minimum Gasteiger partial charge on any atom is -0.395 e. The summed E-state index contributed by atoms with van der Waals surface area (Å²) in [6, 6.07) is 10.5. The first-order valence-corrected chi connectivity index (χ1v) is 7.94. The van der Waals surface area contributed by atoms with Gasteiger partial charge in [-0.3, -0.25) is 9.80 Å². The van der Waals surface area contributed by atoms with Gasteiger partial charge in [0.05, 0.1) is 13.2 Å². The topological polar surface area (TPSA) is 44.5 Å². The van der Waals surface area contributed by atoms with Gasteiger partial charge in [-0.15, -0.1) is 0 Å². The normalized spacial score (nSPS) is 17.0. The highest BCUT2D eigenvalue weighted by atomic mass is 16.3. The summed E-state index contributed by atoms with van der Waals surface area (Å²) in [4.78, 5) is 9.28. The summed E-state index contributed by atoms with van der Waals surface area (Å²) >= 11 is 0. The second-order valence-corrected chi connectivity index (χ2v) is 5.80. The highest BCUT2D eigenvalue weighted by molar-refractivity contribution is 5.15. The van der Waals surface area contributed by atoms with E-state index in [4.69, 9.17) is 5.11 Å². The Labute approximate surface area is 131 Å². The molecule has 0 bridgehead atoms. The number of imidazole rings is 1. The van der Waals surface area contributed by atoms with E-state index < -0.39 is 0 Å². The van der Waals surface area contributed by atoms with Crippen molar-refractivity contribution in [3.63, 3.8) is 0 Å². The Kier molecular flexibility index (Phi) is 5.21. The van der Waals surface area contributed by atoms with E-state index in [2.05, 4.69) is 49.8 Å². The molecular formula is C17H24N4O. The molecule has 3 rings (SSSR count). The smallest absolute Gasteiger partial charge is 0.123 e. The molecule has 1 fully saturated rings. The van der Waals surface area contributed by atoms with Crippen LogP contribution in [0.1, 0.15) is 11.4 Å². The van der Waals surface area contributed by atoms with Crippen molar-refractivity contribution >= 4 is 0 Å². The Hall–Kier alpha value is -1.69. The lowest BCUT2D eigenvalue weighted by atomic mass is 10.2. The molecule has 0 amide bonds.